The Bertz CT molecular complexity index is 1630. The Morgan fingerprint density at radius 2 is 1.80 bits per heavy atom. The number of unbranched alkanes of at least 4 members (excludes halogenated alkanes) is 1. The molecule has 2 unspecified atom stereocenters. The number of carbonyl (C=O) groups excluding carboxylic acids is 3. The number of carbonyl (C=O) groups is 3. The maximum absolute atomic E-state index is 15.1. The van der Waals surface area contributed by atoms with E-state index in [0.29, 0.717) is 24.9 Å². The van der Waals surface area contributed by atoms with Gasteiger partial charge in [-0.05, 0) is 61.1 Å². The van der Waals surface area contributed by atoms with E-state index in [-0.39, 0.29) is 37.5 Å². The van der Waals surface area contributed by atoms with Crippen LogP contribution in [0.1, 0.15) is 44.2 Å². The summed E-state index contributed by atoms with van der Waals surface area (Å²) in [7, 11) is 0. The van der Waals surface area contributed by atoms with Crippen LogP contribution in [0.15, 0.2) is 98.1 Å². The van der Waals surface area contributed by atoms with Gasteiger partial charge in [0, 0.05) is 17.0 Å². The molecule has 7 nitrogen and oxygen atoms in total. The SMILES string of the molecule is C=CCCCOC(=O)[C@H]1[C@H]2C(=O)N([C@H](CO)c3ccccc3)C(C(=O)N(CC=C)c3ccc4ccccc4c3)C23CC[C@]1(C)S3. The van der Waals surface area contributed by atoms with Gasteiger partial charge in [0.05, 0.1) is 35.8 Å². The molecule has 3 aliphatic heterocycles. The maximum atomic E-state index is 15.1. The molecule has 0 saturated carbocycles. The second-order valence-electron chi connectivity index (χ2n) is 12.4. The number of nitrogens with zero attached hydrogens (tertiary/aromatic N) is 2. The van der Waals surface area contributed by atoms with Crippen LogP contribution in [0.3, 0.4) is 0 Å². The van der Waals surface area contributed by atoms with E-state index in [1.807, 2.05) is 79.7 Å². The van der Waals surface area contributed by atoms with Crippen molar-refractivity contribution in [3.05, 3.63) is 104 Å². The molecule has 6 atom stereocenters. The first-order valence-electron chi connectivity index (χ1n) is 15.7. The van der Waals surface area contributed by atoms with E-state index in [1.54, 1.807) is 33.7 Å². The minimum Gasteiger partial charge on any atom is -0.465 e. The van der Waals surface area contributed by atoms with Crippen LogP contribution in [-0.2, 0) is 19.1 Å². The van der Waals surface area contributed by atoms with Crippen LogP contribution in [0.4, 0.5) is 5.69 Å². The number of ether oxygens (including phenoxy) is 1. The normalized spacial score (nSPS) is 27.3. The molecule has 6 rings (SSSR count). The lowest BCUT2D eigenvalue weighted by Gasteiger charge is -2.39. The zero-order valence-corrected chi connectivity index (χ0v) is 26.5. The number of hydrogen-bond acceptors (Lipinski definition) is 6. The zero-order chi connectivity index (χ0) is 31.8. The molecular weight excluding hydrogens is 584 g/mol. The van der Waals surface area contributed by atoms with Crippen LogP contribution >= 0.6 is 11.8 Å². The third-order valence-electron chi connectivity index (χ3n) is 9.81. The summed E-state index contributed by atoms with van der Waals surface area (Å²) in [6, 6.07) is 21.5. The average molecular weight is 625 g/mol. The molecule has 0 aromatic heterocycles. The fourth-order valence-corrected chi connectivity index (χ4v) is 10.1. The zero-order valence-electron chi connectivity index (χ0n) is 25.6. The summed E-state index contributed by atoms with van der Waals surface area (Å²) in [5, 5.41) is 12.9. The maximum Gasteiger partial charge on any atom is 0.311 e. The summed E-state index contributed by atoms with van der Waals surface area (Å²) in [6.45, 7) is 9.84. The van der Waals surface area contributed by atoms with Gasteiger partial charge in [0.2, 0.25) is 5.91 Å². The molecule has 3 aromatic carbocycles. The highest BCUT2D eigenvalue weighted by atomic mass is 32.2. The molecule has 0 aliphatic carbocycles. The van der Waals surface area contributed by atoms with Crippen LogP contribution in [-0.4, -0.2) is 63.1 Å². The summed E-state index contributed by atoms with van der Waals surface area (Å²) in [4.78, 5) is 46.9. The Balaban J connectivity index is 1.45. The summed E-state index contributed by atoms with van der Waals surface area (Å²) in [6.07, 6.45) is 6.14. The van der Waals surface area contributed by atoms with E-state index < -0.39 is 33.4 Å². The monoisotopic (exact) mass is 624 g/mol. The van der Waals surface area contributed by atoms with Crippen LogP contribution in [0.5, 0.6) is 0 Å². The Morgan fingerprint density at radius 1 is 1.07 bits per heavy atom. The highest BCUT2D eigenvalue weighted by Gasteiger charge is 2.78. The number of amides is 2. The molecule has 3 aliphatic rings. The fourth-order valence-electron chi connectivity index (χ4n) is 7.80. The number of esters is 1. The van der Waals surface area contributed by atoms with Crippen LogP contribution < -0.4 is 4.90 Å². The average Bonchev–Trinajstić information content (AvgIpc) is 3.63. The topological polar surface area (TPSA) is 87.1 Å². The van der Waals surface area contributed by atoms with Gasteiger partial charge in [-0.25, -0.2) is 0 Å². The molecule has 8 heteroatoms. The number of allylic oxidation sites excluding steroid dienone is 1. The highest BCUT2D eigenvalue weighted by molar-refractivity contribution is 8.02. The van der Waals surface area contributed by atoms with Crippen LogP contribution in [0, 0.1) is 11.8 Å². The minimum atomic E-state index is -0.913. The number of anilines is 1. The molecule has 3 heterocycles. The fraction of sp³-hybridized carbons (Fsp3) is 0.378. The molecule has 0 radical (unpaired) electrons. The molecule has 3 saturated heterocycles. The Morgan fingerprint density at radius 3 is 2.51 bits per heavy atom. The molecule has 2 bridgehead atoms. The van der Waals surface area contributed by atoms with Crippen molar-refractivity contribution >= 4 is 46.0 Å². The van der Waals surface area contributed by atoms with E-state index in [0.717, 1.165) is 22.8 Å². The van der Waals surface area contributed by atoms with Gasteiger partial charge in [-0.15, -0.1) is 24.9 Å². The van der Waals surface area contributed by atoms with E-state index in [2.05, 4.69) is 13.2 Å². The smallest absolute Gasteiger partial charge is 0.311 e. The molecule has 3 fully saturated rings. The largest absolute Gasteiger partial charge is 0.465 e. The van der Waals surface area contributed by atoms with Crippen molar-refractivity contribution in [1.29, 1.82) is 0 Å². The molecule has 3 aromatic rings. The predicted molar refractivity (Wildman–Crippen MR) is 179 cm³/mol. The predicted octanol–water partition coefficient (Wildman–Crippen LogP) is 6.08. The Labute approximate surface area is 268 Å². The van der Waals surface area contributed by atoms with Crippen molar-refractivity contribution < 1.29 is 24.2 Å². The van der Waals surface area contributed by atoms with Gasteiger partial charge in [0.25, 0.3) is 5.91 Å². The van der Waals surface area contributed by atoms with Crippen molar-refractivity contribution in [2.24, 2.45) is 11.8 Å². The Kier molecular flexibility index (Phi) is 8.63. The molecular formula is C37H40N2O5S. The van der Waals surface area contributed by atoms with Gasteiger partial charge in [-0.1, -0.05) is 72.8 Å². The number of fused-ring (bicyclic) bond motifs is 2. The summed E-state index contributed by atoms with van der Waals surface area (Å²) in [5.74, 6) is -2.36. The van der Waals surface area contributed by atoms with Gasteiger partial charge in [0.1, 0.15) is 6.04 Å². The number of thioether (sulfide) groups is 1. The number of aliphatic hydroxyl groups excluding tert-OH is 1. The number of likely N-dealkylation sites (tertiary alicyclic amines) is 1. The van der Waals surface area contributed by atoms with E-state index in [9.17, 15) is 14.7 Å². The summed E-state index contributed by atoms with van der Waals surface area (Å²) in [5.41, 5.74) is 1.44. The third-order valence-corrected chi connectivity index (χ3v) is 11.8. The first-order chi connectivity index (χ1) is 21.8. The number of hydrogen-bond donors (Lipinski definition) is 1. The van der Waals surface area contributed by atoms with Gasteiger partial charge < -0.3 is 19.6 Å². The van der Waals surface area contributed by atoms with Crippen molar-refractivity contribution in [2.45, 2.75) is 54.2 Å². The highest BCUT2D eigenvalue weighted by Crippen LogP contribution is 2.72. The standard InChI is InChI=1S/C37H40N2O5S/c1-4-6-12-22-44-35(43)31-30-33(41)39(29(24-40)26-14-8-7-9-15-26)32(37(30)20-19-36(31,3)45-37)34(42)38(21-5-2)28-18-17-25-13-10-11-16-27(25)23-28/h4-5,7-11,13-18,23,29-32,40H,1-2,6,12,19-22,24H2,3H3/t29-,30+,31-,32?,36+,37?/m1/s1. The third kappa shape index (κ3) is 5.18. The van der Waals surface area contributed by atoms with Gasteiger partial charge in [0.15, 0.2) is 0 Å². The molecule has 1 spiro atoms. The lowest BCUT2D eigenvalue weighted by molar-refractivity contribution is -0.156. The first-order valence-corrected chi connectivity index (χ1v) is 16.5. The van der Waals surface area contributed by atoms with Gasteiger partial charge in [-0.3, -0.25) is 14.4 Å². The van der Waals surface area contributed by atoms with Crippen molar-refractivity contribution in [1.82, 2.24) is 4.90 Å². The van der Waals surface area contributed by atoms with Gasteiger partial charge in [-0.2, -0.15) is 0 Å². The summed E-state index contributed by atoms with van der Waals surface area (Å²) >= 11 is 1.60. The molecule has 2 amide bonds. The van der Waals surface area contributed by atoms with E-state index in [1.165, 1.54) is 0 Å². The molecule has 45 heavy (non-hydrogen) atoms. The second kappa shape index (κ2) is 12.5. The van der Waals surface area contributed by atoms with E-state index in [4.69, 9.17) is 4.74 Å². The molecule has 234 valence electrons. The van der Waals surface area contributed by atoms with Crippen LogP contribution in [0.2, 0.25) is 0 Å². The number of benzene rings is 3. The first kappa shape index (κ1) is 31.1. The lowest BCUT2D eigenvalue weighted by atomic mass is 9.66. The summed E-state index contributed by atoms with van der Waals surface area (Å²) < 4.78 is 4.37. The number of rotatable bonds is 12. The lowest BCUT2D eigenvalue weighted by Crippen LogP contribution is -2.56. The molecule has 1 N–H and O–H groups in total. The van der Waals surface area contributed by atoms with Crippen molar-refractivity contribution in [3.8, 4) is 0 Å². The minimum absolute atomic E-state index is 0.238. The quantitative estimate of drug-likeness (QED) is 0.149. The van der Waals surface area contributed by atoms with Crippen LogP contribution in [0.25, 0.3) is 10.8 Å². The van der Waals surface area contributed by atoms with Crippen molar-refractivity contribution in [2.75, 3.05) is 24.7 Å². The van der Waals surface area contributed by atoms with Crippen molar-refractivity contribution in [3.63, 3.8) is 0 Å². The Hall–Kier alpha value is -3.88. The second-order valence-corrected chi connectivity index (χ2v) is 14.3. The number of aliphatic hydroxyl groups is 1. The van der Waals surface area contributed by atoms with E-state index >= 15 is 4.79 Å². The van der Waals surface area contributed by atoms with Gasteiger partial charge >= 0.3 is 5.97 Å².